The number of fused-ring (bicyclic) bond motifs is 2. The number of aromatic amines is 1. The largest absolute Gasteiger partial charge is 0.360 e. The Balaban J connectivity index is 2.00. The molecule has 2 aromatic carbocycles. The van der Waals surface area contributed by atoms with Gasteiger partial charge in [-0.3, -0.25) is 0 Å². The molecule has 0 amide bonds. The van der Waals surface area contributed by atoms with Gasteiger partial charge in [0.05, 0.1) is 11.2 Å². The first-order valence-corrected chi connectivity index (χ1v) is 7.17. The van der Waals surface area contributed by atoms with Crippen LogP contribution in [0.1, 0.15) is 11.1 Å². The fourth-order valence-electron chi connectivity index (χ4n) is 2.89. The van der Waals surface area contributed by atoms with Crippen LogP contribution in [0.25, 0.3) is 33.1 Å². The number of nitrogens with zero attached hydrogens (tertiary/aromatic N) is 1. The molecule has 0 atom stereocenters. The number of aromatic nitrogens is 2. The zero-order valence-electron chi connectivity index (χ0n) is 12.1. The second-order valence-corrected chi connectivity index (χ2v) is 5.59. The number of hydrogen-bond acceptors (Lipinski definition) is 1. The molecule has 4 rings (SSSR count). The predicted octanol–water partition coefficient (Wildman–Crippen LogP) is 5.00. The highest BCUT2D eigenvalue weighted by atomic mass is 14.7. The molecule has 0 bridgehead atoms. The average Bonchev–Trinajstić information content (AvgIpc) is 2.90. The Morgan fingerprint density at radius 1 is 0.952 bits per heavy atom. The van der Waals surface area contributed by atoms with Crippen molar-refractivity contribution in [2.45, 2.75) is 13.8 Å². The fraction of sp³-hybridized carbons (Fsp3) is 0.105. The molecule has 0 aliphatic rings. The fourth-order valence-corrected chi connectivity index (χ4v) is 2.89. The first-order valence-electron chi connectivity index (χ1n) is 7.17. The summed E-state index contributed by atoms with van der Waals surface area (Å²) >= 11 is 0. The van der Waals surface area contributed by atoms with Crippen LogP contribution in [0.5, 0.6) is 0 Å². The lowest BCUT2D eigenvalue weighted by Gasteiger charge is -2.05. The average molecular weight is 272 g/mol. The highest BCUT2D eigenvalue weighted by Crippen LogP contribution is 2.29. The zero-order chi connectivity index (χ0) is 14.4. The van der Waals surface area contributed by atoms with E-state index in [4.69, 9.17) is 4.98 Å². The summed E-state index contributed by atoms with van der Waals surface area (Å²) in [6.45, 7) is 4.23. The van der Waals surface area contributed by atoms with Crippen LogP contribution in [-0.2, 0) is 0 Å². The van der Waals surface area contributed by atoms with Gasteiger partial charge in [-0.2, -0.15) is 0 Å². The molecule has 102 valence electrons. The van der Waals surface area contributed by atoms with Gasteiger partial charge in [-0.15, -0.1) is 0 Å². The Kier molecular flexibility index (Phi) is 2.58. The van der Waals surface area contributed by atoms with E-state index in [0.29, 0.717) is 0 Å². The Morgan fingerprint density at radius 2 is 1.86 bits per heavy atom. The van der Waals surface area contributed by atoms with E-state index in [1.165, 1.54) is 27.5 Å². The van der Waals surface area contributed by atoms with Crippen LogP contribution in [0.3, 0.4) is 0 Å². The molecule has 2 heterocycles. The SMILES string of the molecule is Cc1ccc2[nH]cc(-c3ccc4cccc(C)c4n3)c2c1. The first kappa shape index (κ1) is 12.2. The summed E-state index contributed by atoms with van der Waals surface area (Å²) in [6, 6.07) is 17.0. The van der Waals surface area contributed by atoms with Crippen molar-refractivity contribution >= 4 is 21.8 Å². The molecule has 0 fully saturated rings. The number of benzene rings is 2. The van der Waals surface area contributed by atoms with Crippen LogP contribution in [0.15, 0.2) is 54.7 Å². The number of rotatable bonds is 1. The summed E-state index contributed by atoms with van der Waals surface area (Å²) in [6.07, 6.45) is 2.05. The summed E-state index contributed by atoms with van der Waals surface area (Å²) in [5, 5.41) is 2.42. The molecule has 2 heteroatoms. The third kappa shape index (κ3) is 1.91. The van der Waals surface area contributed by atoms with Gasteiger partial charge in [-0.1, -0.05) is 35.9 Å². The van der Waals surface area contributed by atoms with Crippen molar-refractivity contribution in [3.05, 3.63) is 65.9 Å². The Hall–Kier alpha value is -2.61. The summed E-state index contributed by atoms with van der Waals surface area (Å²) < 4.78 is 0. The molecule has 0 spiro atoms. The van der Waals surface area contributed by atoms with Crippen molar-refractivity contribution in [3.8, 4) is 11.3 Å². The third-order valence-corrected chi connectivity index (χ3v) is 4.04. The van der Waals surface area contributed by atoms with Gasteiger partial charge >= 0.3 is 0 Å². The van der Waals surface area contributed by atoms with Crippen LogP contribution in [0.2, 0.25) is 0 Å². The standard InChI is InChI=1S/C19H16N2/c1-12-6-8-17-15(10-12)16(11-20-17)18-9-7-14-5-3-4-13(2)19(14)21-18/h3-11,20H,1-2H3. The van der Waals surface area contributed by atoms with E-state index in [-0.39, 0.29) is 0 Å². The van der Waals surface area contributed by atoms with Crippen molar-refractivity contribution < 1.29 is 0 Å². The molecule has 4 aromatic rings. The van der Waals surface area contributed by atoms with Crippen LogP contribution in [-0.4, -0.2) is 9.97 Å². The lowest BCUT2D eigenvalue weighted by Crippen LogP contribution is -1.87. The van der Waals surface area contributed by atoms with Gasteiger partial charge in [0.2, 0.25) is 0 Å². The summed E-state index contributed by atoms with van der Waals surface area (Å²) in [5.74, 6) is 0. The molecular formula is C19H16N2. The van der Waals surface area contributed by atoms with Crippen LogP contribution >= 0.6 is 0 Å². The monoisotopic (exact) mass is 272 g/mol. The van der Waals surface area contributed by atoms with Gasteiger partial charge < -0.3 is 4.98 Å². The highest BCUT2D eigenvalue weighted by Gasteiger charge is 2.09. The van der Waals surface area contributed by atoms with Crippen molar-refractivity contribution in [2.75, 3.05) is 0 Å². The van der Waals surface area contributed by atoms with Gasteiger partial charge in [0, 0.05) is 28.0 Å². The van der Waals surface area contributed by atoms with E-state index in [2.05, 4.69) is 73.6 Å². The third-order valence-electron chi connectivity index (χ3n) is 4.04. The van der Waals surface area contributed by atoms with Gasteiger partial charge in [0.1, 0.15) is 0 Å². The second kappa shape index (κ2) is 4.45. The second-order valence-electron chi connectivity index (χ2n) is 5.59. The van der Waals surface area contributed by atoms with Gasteiger partial charge in [0.15, 0.2) is 0 Å². The van der Waals surface area contributed by atoms with Gasteiger partial charge in [0.25, 0.3) is 0 Å². The molecule has 21 heavy (non-hydrogen) atoms. The molecule has 2 aromatic heterocycles. The van der Waals surface area contributed by atoms with Crippen molar-refractivity contribution in [1.29, 1.82) is 0 Å². The van der Waals surface area contributed by atoms with Gasteiger partial charge in [-0.05, 0) is 37.6 Å². The topological polar surface area (TPSA) is 28.7 Å². The lowest BCUT2D eigenvalue weighted by atomic mass is 10.1. The van der Waals surface area contributed by atoms with Crippen LogP contribution in [0, 0.1) is 13.8 Å². The Bertz CT molecular complexity index is 964. The van der Waals surface area contributed by atoms with Crippen LogP contribution in [0.4, 0.5) is 0 Å². The first-order chi connectivity index (χ1) is 10.2. The minimum Gasteiger partial charge on any atom is -0.360 e. The molecule has 0 saturated carbocycles. The Morgan fingerprint density at radius 3 is 2.76 bits per heavy atom. The zero-order valence-corrected chi connectivity index (χ0v) is 12.1. The van der Waals surface area contributed by atoms with Gasteiger partial charge in [-0.25, -0.2) is 4.98 Å². The van der Waals surface area contributed by atoms with Crippen LogP contribution < -0.4 is 0 Å². The maximum atomic E-state index is 4.88. The van der Waals surface area contributed by atoms with Crippen molar-refractivity contribution in [1.82, 2.24) is 9.97 Å². The molecular weight excluding hydrogens is 256 g/mol. The number of hydrogen-bond donors (Lipinski definition) is 1. The maximum Gasteiger partial charge on any atom is 0.0738 e. The number of nitrogens with one attached hydrogen (secondary N) is 1. The number of pyridine rings is 1. The molecule has 0 radical (unpaired) electrons. The summed E-state index contributed by atoms with van der Waals surface area (Å²) in [5.41, 5.74) is 6.90. The van der Waals surface area contributed by atoms with E-state index >= 15 is 0 Å². The lowest BCUT2D eigenvalue weighted by molar-refractivity contribution is 1.36. The van der Waals surface area contributed by atoms with E-state index in [1.807, 2.05) is 0 Å². The number of aryl methyl sites for hydroxylation is 2. The Labute approximate surface area is 123 Å². The molecule has 0 unspecified atom stereocenters. The molecule has 0 aliphatic heterocycles. The summed E-state index contributed by atoms with van der Waals surface area (Å²) in [4.78, 5) is 8.21. The normalized spacial score (nSPS) is 11.3. The summed E-state index contributed by atoms with van der Waals surface area (Å²) in [7, 11) is 0. The number of H-pyrrole nitrogens is 1. The molecule has 1 N–H and O–H groups in total. The predicted molar refractivity (Wildman–Crippen MR) is 88.5 cm³/mol. The van der Waals surface area contributed by atoms with E-state index < -0.39 is 0 Å². The van der Waals surface area contributed by atoms with E-state index in [9.17, 15) is 0 Å². The van der Waals surface area contributed by atoms with E-state index in [0.717, 1.165) is 16.7 Å². The van der Waals surface area contributed by atoms with E-state index in [1.54, 1.807) is 0 Å². The minimum absolute atomic E-state index is 1.02. The number of para-hydroxylation sites is 1. The molecule has 0 aliphatic carbocycles. The quantitative estimate of drug-likeness (QED) is 0.519. The minimum atomic E-state index is 1.02. The maximum absolute atomic E-state index is 4.88. The highest BCUT2D eigenvalue weighted by molar-refractivity contribution is 5.96. The van der Waals surface area contributed by atoms with Crippen molar-refractivity contribution in [3.63, 3.8) is 0 Å². The smallest absolute Gasteiger partial charge is 0.0738 e. The molecule has 0 saturated heterocycles. The van der Waals surface area contributed by atoms with Crippen molar-refractivity contribution in [2.24, 2.45) is 0 Å². The molecule has 2 nitrogen and oxygen atoms in total.